The molecule has 0 fully saturated rings. The van der Waals surface area contributed by atoms with Crippen LogP contribution in [-0.2, 0) is 6.54 Å². The molecule has 110 valence electrons. The minimum absolute atomic E-state index is 0.536. The summed E-state index contributed by atoms with van der Waals surface area (Å²) in [7, 11) is 0. The second-order valence-electron chi connectivity index (χ2n) is 5.20. The highest BCUT2D eigenvalue weighted by Crippen LogP contribution is 2.21. The van der Waals surface area contributed by atoms with Crippen molar-refractivity contribution >= 4 is 32.5 Å². The number of nitrogens with zero attached hydrogens (tertiary/aromatic N) is 6. The van der Waals surface area contributed by atoms with Crippen LogP contribution in [0.4, 0.5) is 0 Å². The molecule has 0 amide bonds. The van der Waals surface area contributed by atoms with E-state index in [1.165, 1.54) is 0 Å². The van der Waals surface area contributed by atoms with E-state index in [9.17, 15) is 0 Å². The van der Waals surface area contributed by atoms with Gasteiger partial charge < -0.3 is 0 Å². The van der Waals surface area contributed by atoms with Crippen molar-refractivity contribution in [1.29, 1.82) is 0 Å². The van der Waals surface area contributed by atoms with Crippen molar-refractivity contribution in [2.75, 3.05) is 0 Å². The van der Waals surface area contributed by atoms with Crippen LogP contribution in [0.3, 0.4) is 0 Å². The van der Waals surface area contributed by atoms with Crippen LogP contribution in [0.2, 0.25) is 0 Å². The zero-order valence-corrected chi connectivity index (χ0v) is 13.7. The molecule has 4 rings (SSSR count). The summed E-state index contributed by atoms with van der Waals surface area (Å²) in [6, 6.07) is 7.94. The van der Waals surface area contributed by atoms with E-state index < -0.39 is 0 Å². The average molecular weight is 357 g/mol. The summed E-state index contributed by atoms with van der Waals surface area (Å²) in [6.45, 7) is 4.53. The van der Waals surface area contributed by atoms with Crippen molar-refractivity contribution in [3.8, 4) is 0 Å². The normalized spacial score (nSPS) is 11.6. The maximum absolute atomic E-state index is 4.65. The van der Waals surface area contributed by atoms with Gasteiger partial charge in [-0.1, -0.05) is 12.1 Å². The van der Waals surface area contributed by atoms with Crippen LogP contribution in [0.15, 0.2) is 35.1 Å². The Morgan fingerprint density at radius 3 is 2.73 bits per heavy atom. The molecule has 0 saturated carbocycles. The quantitative estimate of drug-likeness (QED) is 0.554. The van der Waals surface area contributed by atoms with Gasteiger partial charge in [-0.25, -0.2) is 14.5 Å². The molecule has 0 spiro atoms. The zero-order chi connectivity index (χ0) is 15.3. The predicted molar refractivity (Wildman–Crippen MR) is 86.8 cm³/mol. The molecule has 6 nitrogen and oxygen atoms in total. The summed E-state index contributed by atoms with van der Waals surface area (Å²) in [5, 5.41) is 10.0. The predicted octanol–water partition coefficient (Wildman–Crippen LogP) is 2.90. The zero-order valence-electron chi connectivity index (χ0n) is 12.2. The summed E-state index contributed by atoms with van der Waals surface area (Å²) >= 11 is 3.54. The molecule has 0 aliphatic carbocycles. The van der Waals surface area contributed by atoms with E-state index in [2.05, 4.69) is 36.1 Å². The lowest BCUT2D eigenvalue weighted by Crippen LogP contribution is -2.05. The van der Waals surface area contributed by atoms with Crippen LogP contribution in [0.5, 0.6) is 0 Å². The number of hydrogen-bond acceptors (Lipinski definition) is 4. The molecule has 3 heterocycles. The van der Waals surface area contributed by atoms with Crippen LogP contribution < -0.4 is 0 Å². The van der Waals surface area contributed by atoms with Gasteiger partial charge in [-0.15, -0.1) is 5.10 Å². The number of benzene rings is 1. The number of fused-ring (bicyclic) bond motifs is 3. The van der Waals surface area contributed by atoms with E-state index in [0.717, 1.165) is 38.2 Å². The average Bonchev–Trinajstić information content (AvgIpc) is 3.04. The van der Waals surface area contributed by atoms with E-state index in [1.54, 1.807) is 10.8 Å². The van der Waals surface area contributed by atoms with Gasteiger partial charge in [0.2, 0.25) is 0 Å². The third kappa shape index (κ3) is 2.00. The minimum atomic E-state index is 0.536. The van der Waals surface area contributed by atoms with E-state index in [-0.39, 0.29) is 0 Å². The maximum Gasteiger partial charge on any atom is 0.173 e. The molecule has 0 aliphatic rings. The summed E-state index contributed by atoms with van der Waals surface area (Å²) in [5.74, 6) is 0.719. The Morgan fingerprint density at radius 2 is 1.95 bits per heavy atom. The number of halogens is 1. The molecule has 0 atom stereocenters. The van der Waals surface area contributed by atoms with Crippen molar-refractivity contribution in [2.24, 2.45) is 0 Å². The highest BCUT2D eigenvalue weighted by molar-refractivity contribution is 9.10. The van der Waals surface area contributed by atoms with Crippen molar-refractivity contribution in [3.63, 3.8) is 0 Å². The molecule has 4 aromatic rings. The van der Waals surface area contributed by atoms with Crippen LogP contribution in [0.25, 0.3) is 16.6 Å². The first-order valence-corrected chi connectivity index (χ1v) is 7.71. The van der Waals surface area contributed by atoms with Gasteiger partial charge in [0.15, 0.2) is 11.5 Å². The Morgan fingerprint density at radius 1 is 1.14 bits per heavy atom. The van der Waals surface area contributed by atoms with Gasteiger partial charge in [0.25, 0.3) is 0 Å². The number of aromatic nitrogens is 6. The van der Waals surface area contributed by atoms with Gasteiger partial charge in [0.05, 0.1) is 21.4 Å². The Hall–Kier alpha value is -2.28. The summed E-state index contributed by atoms with van der Waals surface area (Å²) < 4.78 is 4.66. The molecule has 0 saturated heterocycles. The third-order valence-corrected chi connectivity index (χ3v) is 4.86. The maximum atomic E-state index is 4.65. The van der Waals surface area contributed by atoms with E-state index in [0.29, 0.717) is 6.54 Å². The van der Waals surface area contributed by atoms with Crippen LogP contribution in [0, 0.1) is 13.8 Å². The Balaban J connectivity index is 1.82. The second-order valence-corrected chi connectivity index (χ2v) is 5.99. The molecule has 0 bridgehead atoms. The number of hydrogen-bond donors (Lipinski definition) is 0. The number of aryl methyl sites for hydroxylation is 1. The van der Waals surface area contributed by atoms with Crippen LogP contribution >= 0.6 is 15.9 Å². The molecule has 0 unspecified atom stereocenters. The van der Waals surface area contributed by atoms with Gasteiger partial charge in [0, 0.05) is 5.39 Å². The van der Waals surface area contributed by atoms with Crippen molar-refractivity contribution in [1.82, 2.24) is 29.4 Å². The molecular weight excluding hydrogens is 344 g/mol. The Bertz CT molecular complexity index is 1000. The molecule has 0 radical (unpaired) electrons. The van der Waals surface area contributed by atoms with E-state index >= 15 is 0 Å². The topological polar surface area (TPSA) is 60.9 Å². The van der Waals surface area contributed by atoms with Crippen molar-refractivity contribution in [2.45, 2.75) is 20.4 Å². The van der Waals surface area contributed by atoms with E-state index in [1.807, 2.05) is 42.8 Å². The molecule has 3 aromatic heterocycles. The SMILES string of the molecule is Cc1nn(Cc2nc3c4ccccc4ncn3n2)c(C)c1Br. The van der Waals surface area contributed by atoms with Gasteiger partial charge in [-0.05, 0) is 41.9 Å². The molecule has 0 N–H and O–H groups in total. The standard InChI is InChI=1S/C15H13BrN6/c1-9-14(16)10(2)21(19-9)7-13-18-15-11-5-3-4-6-12(11)17-8-22(15)20-13/h3-6,8H,7H2,1-2H3. The Kier molecular flexibility index (Phi) is 2.97. The highest BCUT2D eigenvalue weighted by Gasteiger charge is 2.13. The lowest BCUT2D eigenvalue weighted by molar-refractivity contribution is 0.630. The van der Waals surface area contributed by atoms with Gasteiger partial charge >= 0.3 is 0 Å². The Labute approximate surface area is 134 Å². The van der Waals surface area contributed by atoms with Crippen LogP contribution in [-0.4, -0.2) is 29.4 Å². The summed E-state index contributed by atoms with van der Waals surface area (Å²) in [5.41, 5.74) is 3.77. The summed E-state index contributed by atoms with van der Waals surface area (Å²) in [6.07, 6.45) is 1.70. The number of rotatable bonds is 2. The van der Waals surface area contributed by atoms with Crippen molar-refractivity contribution in [3.05, 3.63) is 52.3 Å². The first kappa shape index (κ1) is 13.4. The third-order valence-electron chi connectivity index (χ3n) is 3.71. The monoisotopic (exact) mass is 356 g/mol. The molecule has 0 aliphatic heterocycles. The van der Waals surface area contributed by atoms with Gasteiger partial charge in [0.1, 0.15) is 12.9 Å². The smallest absolute Gasteiger partial charge is 0.173 e. The molecule has 1 aromatic carbocycles. The fraction of sp³-hybridized carbons (Fsp3) is 0.200. The molecular formula is C15H13BrN6. The fourth-order valence-corrected chi connectivity index (χ4v) is 2.84. The molecule has 22 heavy (non-hydrogen) atoms. The summed E-state index contributed by atoms with van der Waals surface area (Å²) in [4.78, 5) is 9.05. The first-order chi connectivity index (χ1) is 10.6. The second kappa shape index (κ2) is 4.88. The lowest BCUT2D eigenvalue weighted by Gasteiger charge is -1.99. The van der Waals surface area contributed by atoms with E-state index in [4.69, 9.17) is 0 Å². The van der Waals surface area contributed by atoms with Gasteiger partial charge in [-0.2, -0.15) is 5.10 Å². The first-order valence-electron chi connectivity index (χ1n) is 6.92. The van der Waals surface area contributed by atoms with Crippen molar-refractivity contribution < 1.29 is 0 Å². The molecule has 7 heteroatoms. The number of para-hydroxylation sites is 1. The fourth-order valence-electron chi connectivity index (χ4n) is 2.55. The lowest BCUT2D eigenvalue weighted by atomic mass is 10.2. The van der Waals surface area contributed by atoms with Gasteiger partial charge in [-0.3, -0.25) is 4.68 Å². The minimum Gasteiger partial charge on any atom is -0.261 e. The largest absolute Gasteiger partial charge is 0.261 e. The van der Waals surface area contributed by atoms with Crippen LogP contribution in [0.1, 0.15) is 17.2 Å². The highest BCUT2D eigenvalue weighted by atomic mass is 79.9.